The molecule has 3 heterocycles. The molecule has 3 aromatic heterocycles. The van der Waals surface area contributed by atoms with E-state index in [9.17, 15) is 13.9 Å². The first-order valence-electron chi connectivity index (χ1n) is 11.9. The van der Waals surface area contributed by atoms with Crippen molar-refractivity contribution in [3.05, 3.63) is 122 Å². The van der Waals surface area contributed by atoms with Gasteiger partial charge >= 0.3 is 5.92 Å². The molecule has 0 saturated heterocycles. The number of thiophene rings is 1. The molecule has 0 bridgehead atoms. The van der Waals surface area contributed by atoms with E-state index in [-0.39, 0.29) is 0 Å². The van der Waals surface area contributed by atoms with Crippen LogP contribution in [0.5, 0.6) is 5.75 Å². The number of benzene rings is 2. The van der Waals surface area contributed by atoms with Gasteiger partial charge in [0.25, 0.3) is 0 Å². The zero-order valence-electron chi connectivity index (χ0n) is 20.8. The molecule has 0 aliphatic rings. The maximum absolute atomic E-state index is 15.8. The van der Waals surface area contributed by atoms with E-state index in [0.29, 0.717) is 33.9 Å². The van der Waals surface area contributed by atoms with Gasteiger partial charge in [0.2, 0.25) is 0 Å². The number of pyridine rings is 1. The lowest BCUT2D eigenvalue weighted by Crippen LogP contribution is -2.48. The van der Waals surface area contributed by atoms with Crippen LogP contribution in [0, 0.1) is 23.5 Å². The van der Waals surface area contributed by atoms with E-state index in [0.717, 1.165) is 40.3 Å². The van der Waals surface area contributed by atoms with Gasteiger partial charge in [-0.05, 0) is 71.1 Å². The number of alkyl halides is 2. The van der Waals surface area contributed by atoms with Crippen LogP contribution in [0.2, 0.25) is 4.34 Å². The van der Waals surface area contributed by atoms with Gasteiger partial charge in [0.05, 0.1) is 10.9 Å². The summed E-state index contributed by atoms with van der Waals surface area (Å²) in [6.45, 7) is -0.566. The summed E-state index contributed by atoms with van der Waals surface area (Å²) in [5.41, 5.74) is -3.97. The minimum Gasteiger partial charge on any atom is -0.488 e. The Kier molecular flexibility index (Phi) is 8.03. The monoisotopic (exact) mass is 599 g/mol. The zero-order valence-corrected chi connectivity index (χ0v) is 22.4. The van der Waals surface area contributed by atoms with E-state index in [1.807, 2.05) is 6.07 Å². The number of nitrogens with zero attached hydrogens (tertiary/aromatic N) is 5. The molecule has 208 valence electrons. The van der Waals surface area contributed by atoms with Crippen LogP contribution in [-0.4, -0.2) is 30.3 Å². The van der Waals surface area contributed by atoms with E-state index in [4.69, 9.17) is 16.3 Å². The normalized spacial score (nSPS) is 12.8. The molecule has 0 radical (unpaired) electrons. The van der Waals surface area contributed by atoms with Crippen molar-refractivity contribution in [2.45, 2.75) is 24.7 Å². The van der Waals surface area contributed by atoms with Crippen LogP contribution < -0.4 is 4.74 Å². The lowest BCUT2D eigenvalue weighted by molar-refractivity contribution is -0.207. The first-order chi connectivity index (χ1) is 19.6. The number of hydrogen-bond donors (Lipinski definition) is 1. The standard InChI is InChI=1S/C28H18ClF4N5O2S/c29-26-12-9-22(41-26)15-40-21-7-3-18(4-8-21)1-2-19-5-11-25(34-14-19)28(32,33)27(39,16-38-17-35-36-37-38)23-10-6-20(30)13-24(23)31/h3-14,17,39H,15-16H2. The van der Waals surface area contributed by atoms with E-state index in [1.54, 1.807) is 30.3 Å². The lowest BCUT2D eigenvalue weighted by atomic mass is 9.84. The largest absolute Gasteiger partial charge is 0.488 e. The van der Waals surface area contributed by atoms with Crippen molar-refractivity contribution in [3.8, 4) is 17.6 Å². The molecule has 41 heavy (non-hydrogen) atoms. The van der Waals surface area contributed by atoms with Crippen molar-refractivity contribution < 1.29 is 27.4 Å². The maximum Gasteiger partial charge on any atom is 0.323 e. The summed E-state index contributed by atoms with van der Waals surface area (Å²) < 4.78 is 67.1. The summed E-state index contributed by atoms with van der Waals surface area (Å²) >= 11 is 7.36. The number of aromatic nitrogens is 5. The van der Waals surface area contributed by atoms with Crippen LogP contribution in [0.25, 0.3) is 0 Å². The molecule has 1 atom stereocenters. The van der Waals surface area contributed by atoms with Gasteiger partial charge in [0.1, 0.15) is 36.0 Å². The number of ether oxygens (including phenoxy) is 1. The predicted molar refractivity (Wildman–Crippen MR) is 142 cm³/mol. The van der Waals surface area contributed by atoms with Crippen molar-refractivity contribution in [2.75, 3.05) is 0 Å². The molecule has 7 nitrogen and oxygen atoms in total. The van der Waals surface area contributed by atoms with Gasteiger partial charge in [-0.15, -0.1) is 16.4 Å². The predicted octanol–water partition coefficient (Wildman–Crippen LogP) is 5.72. The summed E-state index contributed by atoms with van der Waals surface area (Å²) in [5, 5.41) is 21.4. The van der Waals surface area contributed by atoms with Crippen LogP contribution in [0.1, 0.15) is 27.3 Å². The Bertz CT molecular complexity index is 1700. The summed E-state index contributed by atoms with van der Waals surface area (Å²) in [5.74, 6) is -0.130. The number of aliphatic hydroxyl groups is 1. The van der Waals surface area contributed by atoms with Gasteiger partial charge < -0.3 is 9.84 Å². The lowest BCUT2D eigenvalue weighted by Gasteiger charge is -2.35. The quantitative estimate of drug-likeness (QED) is 0.181. The molecule has 1 N–H and O–H groups in total. The second kappa shape index (κ2) is 11.7. The Morgan fingerprint density at radius 3 is 2.37 bits per heavy atom. The average Bonchev–Trinajstić information content (AvgIpc) is 3.62. The summed E-state index contributed by atoms with van der Waals surface area (Å²) in [4.78, 5) is 4.78. The Morgan fingerprint density at radius 1 is 0.976 bits per heavy atom. The molecule has 0 fully saturated rings. The number of hydrogen-bond acceptors (Lipinski definition) is 7. The third-order valence-electron chi connectivity index (χ3n) is 5.98. The SMILES string of the molecule is OC(Cn1cnnn1)(c1ccc(F)cc1F)C(F)(F)c1ccc(C#Cc2ccc(OCc3ccc(Cl)s3)cc2)cn1. The first-order valence-corrected chi connectivity index (χ1v) is 13.1. The molecular formula is C28H18ClF4N5O2S. The van der Waals surface area contributed by atoms with Gasteiger partial charge in [0.15, 0.2) is 5.60 Å². The van der Waals surface area contributed by atoms with Crippen LogP contribution >= 0.6 is 22.9 Å². The van der Waals surface area contributed by atoms with E-state index in [1.165, 1.54) is 17.4 Å². The maximum atomic E-state index is 15.8. The summed E-state index contributed by atoms with van der Waals surface area (Å²) in [6, 6.07) is 14.9. The molecule has 0 amide bonds. The molecule has 0 aliphatic heterocycles. The van der Waals surface area contributed by atoms with Crippen LogP contribution in [0.15, 0.2) is 79.3 Å². The van der Waals surface area contributed by atoms with Crippen LogP contribution in [0.4, 0.5) is 17.6 Å². The highest BCUT2D eigenvalue weighted by Crippen LogP contribution is 2.46. The minimum absolute atomic E-state index is 0.316. The van der Waals surface area contributed by atoms with Gasteiger partial charge in [-0.25, -0.2) is 13.5 Å². The zero-order chi connectivity index (χ0) is 29.0. The highest BCUT2D eigenvalue weighted by Gasteiger charge is 2.58. The van der Waals surface area contributed by atoms with Gasteiger partial charge in [-0.2, -0.15) is 8.78 Å². The summed E-state index contributed by atoms with van der Waals surface area (Å²) in [7, 11) is 0. The van der Waals surface area contributed by atoms with E-state index >= 15 is 8.78 Å². The fourth-order valence-electron chi connectivity index (χ4n) is 3.89. The van der Waals surface area contributed by atoms with Gasteiger partial charge in [-0.1, -0.05) is 23.4 Å². The molecule has 1 unspecified atom stereocenters. The van der Waals surface area contributed by atoms with Crippen molar-refractivity contribution in [2.24, 2.45) is 0 Å². The van der Waals surface area contributed by atoms with E-state index in [2.05, 4.69) is 32.4 Å². The molecule has 5 rings (SSSR count). The molecule has 5 aromatic rings. The molecule has 2 aromatic carbocycles. The molecule has 0 aliphatic carbocycles. The van der Waals surface area contributed by atoms with Crippen molar-refractivity contribution in [1.29, 1.82) is 0 Å². The molecule has 0 saturated carbocycles. The topological polar surface area (TPSA) is 86.0 Å². The van der Waals surface area contributed by atoms with Crippen molar-refractivity contribution in [3.63, 3.8) is 0 Å². The second-order valence-electron chi connectivity index (χ2n) is 8.77. The second-order valence-corrected chi connectivity index (χ2v) is 10.6. The average molecular weight is 600 g/mol. The van der Waals surface area contributed by atoms with Crippen LogP contribution in [-0.2, 0) is 24.7 Å². The van der Waals surface area contributed by atoms with Crippen LogP contribution in [0.3, 0.4) is 0 Å². The molecular weight excluding hydrogens is 582 g/mol. The van der Waals surface area contributed by atoms with Crippen molar-refractivity contribution >= 4 is 22.9 Å². The van der Waals surface area contributed by atoms with E-state index < -0.39 is 41.0 Å². The number of tetrazole rings is 1. The highest BCUT2D eigenvalue weighted by atomic mass is 35.5. The number of rotatable bonds is 8. The third kappa shape index (κ3) is 6.22. The Balaban J connectivity index is 1.34. The van der Waals surface area contributed by atoms with Crippen molar-refractivity contribution in [1.82, 2.24) is 25.2 Å². The molecule has 13 heteroatoms. The Labute approximate surface area is 240 Å². The summed E-state index contributed by atoms with van der Waals surface area (Å²) in [6.07, 6.45) is 2.09. The fraction of sp³-hybridized carbons (Fsp3) is 0.143. The van der Waals surface area contributed by atoms with Gasteiger partial charge in [0, 0.05) is 33.8 Å². The Morgan fingerprint density at radius 2 is 1.73 bits per heavy atom. The first kappa shape index (κ1) is 28.2. The minimum atomic E-state index is -4.16. The third-order valence-corrected chi connectivity index (χ3v) is 7.18. The number of halogens is 5. The van der Waals surface area contributed by atoms with Gasteiger partial charge in [-0.3, -0.25) is 4.98 Å². The smallest absolute Gasteiger partial charge is 0.323 e. The molecule has 0 spiro atoms. The fourth-order valence-corrected chi connectivity index (χ4v) is 4.89. The highest BCUT2D eigenvalue weighted by molar-refractivity contribution is 7.16. The Hall–Kier alpha value is -4.31.